The molecule has 5 nitrogen and oxygen atoms in total. The first-order valence-corrected chi connectivity index (χ1v) is 8.21. The van der Waals surface area contributed by atoms with Gasteiger partial charge in [-0.2, -0.15) is 0 Å². The fraction of sp³-hybridized carbons (Fsp3) is 0.556. The van der Waals surface area contributed by atoms with E-state index in [1.165, 1.54) is 12.1 Å². The molecule has 0 saturated carbocycles. The van der Waals surface area contributed by atoms with Crippen LogP contribution in [0.1, 0.15) is 31.2 Å². The molecule has 6 heteroatoms. The number of halogens is 1. The van der Waals surface area contributed by atoms with Crippen molar-refractivity contribution >= 4 is 11.9 Å². The summed E-state index contributed by atoms with van der Waals surface area (Å²) < 4.78 is 18.0. The number of hydrogen-bond acceptors (Lipinski definition) is 3. The van der Waals surface area contributed by atoms with Gasteiger partial charge in [0.05, 0.1) is 11.8 Å². The van der Waals surface area contributed by atoms with E-state index in [0.717, 1.165) is 5.56 Å². The summed E-state index contributed by atoms with van der Waals surface area (Å²) in [6, 6.07) is 5.82. The van der Waals surface area contributed by atoms with Gasteiger partial charge in [0.15, 0.2) is 0 Å². The molecule has 0 aliphatic carbocycles. The van der Waals surface area contributed by atoms with Crippen LogP contribution in [0.4, 0.5) is 4.39 Å². The third-order valence-electron chi connectivity index (χ3n) is 4.66. The Labute approximate surface area is 141 Å². The molecule has 0 aromatic heterocycles. The molecule has 1 aromatic carbocycles. The Balaban J connectivity index is 2.02. The van der Waals surface area contributed by atoms with Gasteiger partial charge in [0, 0.05) is 26.8 Å². The summed E-state index contributed by atoms with van der Waals surface area (Å²) in [6.07, 6.45) is 2.56. The van der Waals surface area contributed by atoms with Crippen LogP contribution in [0.2, 0.25) is 0 Å². The van der Waals surface area contributed by atoms with Crippen LogP contribution in [0.5, 0.6) is 0 Å². The van der Waals surface area contributed by atoms with E-state index in [0.29, 0.717) is 38.8 Å². The Kier molecular flexibility index (Phi) is 6.31. The maximum atomic E-state index is 12.9. The molecule has 0 bridgehead atoms. The normalized spacial score (nSPS) is 20.8. The van der Waals surface area contributed by atoms with E-state index in [9.17, 15) is 19.1 Å². The number of ether oxygens (including phenoxy) is 1. The zero-order valence-corrected chi connectivity index (χ0v) is 14.0. The van der Waals surface area contributed by atoms with E-state index < -0.39 is 11.4 Å². The molecule has 24 heavy (non-hydrogen) atoms. The number of benzene rings is 1. The maximum absolute atomic E-state index is 12.9. The Hall–Kier alpha value is -1.95. The quantitative estimate of drug-likeness (QED) is 0.776. The van der Waals surface area contributed by atoms with Crippen LogP contribution in [0, 0.1) is 11.2 Å². The van der Waals surface area contributed by atoms with E-state index in [4.69, 9.17) is 4.74 Å². The van der Waals surface area contributed by atoms with E-state index in [1.54, 1.807) is 24.1 Å². The van der Waals surface area contributed by atoms with Gasteiger partial charge in [-0.1, -0.05) is 12.1 Å². The number of amides is 1. The Morgan fingerprint density at radius 2 is 2.04 bits per heavy atom. The average Bonchev–Trinajstić information content (AvgIpc) is 2.57. The number of hydrogen-bond donors (Lipinski definition) is 1. The number of methoxy groups -OCH3 is 1. The van der Waals surface area contributed by atoms with Crippen LogP contribution >= 0.6 is 0 Å². The van der Waals surface area contributed by atoms with E-state index in [2.05, 4.69) is 0 Å². The minimum Gasteiger partial charge on any atom is -0.481 e. The van der Waals surface area contributed by atoms with Crippen LogP contribution < -0.4 is 0 Å². The number of carboxylic acids is 1. The van der Waals surface area contributed by atoms with Crippen molar-refractivity contribution in [3.63, 3.8) is 0 Å². The summed E-state index contributed by atoms with van der Waals surface area (Å²) in [5.41, 5.74) is -0.165. The van der Waals surface area contributed by atoms with Crippen molar-refractivity contribution in [1.82, 2.24) is 4.90 Å². The third-order valence-corrected chi connectivity index (χ3v) is 4.66. The minimum atomic E-state index is -0.894. The molecule has 1 heterocycles. The van der Waals surface area contributed by atoms with Crippen molar-refractivity contribution in [2.45, 2.75) is 32.1 Å². The first-order chi connectivity index (χ1) is 11.5. The standard InChI is InChI=1S/C18H24FNO4/c1-24-11-3-9-18(17(22)23)8-2-10-20(13-18)16(21)12-14-4-6-15(19)7-5-14/h4-7H,2-3,8-13H2,1H3,(H,22,23)/t18-/m1/s1. The van der Waals surface area contributed by atoms with E-state index in [1.807, 2.05) is 0 Å². The lowest BCUT2D eigenvalue weighted by atomic mass is 9.76. The molecular weight excluding hydrogens is 313 g/mol. The van der Waals surface area contributed by atoms with Gasteiger partial charge in [-0.3, -0.25) is 9.59 Å². The molecule has 2 rings (SSSR count). The lowest BCUT2D eigenvalue weighted by Gasteiger charge is -2.40. The second-order valence-corrected chi connectivity index (χ2v) is 6.40. The highest BCUT2D eigenvalue weighted by Gasteiger charge is 2.42. The molecule has 1 fully saturated rings. The van der Waals surface area contributed by atoms with Crippen LogP contribution in [0.3, 0.4) is 0 Å². The topological polar surface area (TPSA) is 66.8 Å². The lowest BCUT2D eigenvalue weighted by molar-refractivity contribution is -0.155. The van der Waals surface area contributed by atoms with E-state index >= 15 is 0 Å². The number of rotatable bonds is 7. The summed E-state index contributed by atoms with van der Waals surface area (Å²) in [5, 5.41) is 9.69. The van der Waals surface area contributed by atoms with Crippen molar-refractivity contribution in [3.05, 3.63) is 35.6 Å². The van der Waals surface area contributed by atoms with Crippen molar-refractivity contribution in [3.8, 4) is 0 Å². The second kappa shape index (κ2) is 8.24. The summed E-state index contributed by atoms with van der Waals surface area (Å²) in [4.78, 5) is 26.0. The number of carbonyl (C=O) groups is 2. The first kappa shape index (κ1) is 18.4. The molecule has 132 valence electrons. The Bertz CT molecular complexity index is 575. The first-order valence-electron chi connectivity index (χ1n) is 8.21. The zero-order chi connectivity index (χ0) is 17.6. The van der Waals surface area contributed by atoms with Gasteiger partial charge >= 0.3 is 5.97 Å². The lowest BCUT2D eigenvalue weighted by Crippen LogP contribution is -2.50. The molecule has 1 N–H and O–H groups in total. The van der Waals surface area contributed by atoms with Gasteiger partial charge in [0.2, 0.25) is 5.91 Å². The number of carbonyl (C=O) groups excluding carboxylic acids is 1. The molecule has 0 radical (unpaired) electrons. The van der Waals surface area contributed by atoms with E-state index in [-0.39, 0.29) is 24.7 Å². The van der Waals surface area contributed by atoms with Gasteiger partial charge < -0.3 is 14.7 Å². The summed E-state index contributed by atoms with van der Waals surface area (Å²) in [6.45, 7) is 1.31. The van der Waals surface area contributed by atoms with Crippen LogP contribution in [-0.2, 0) is 20.7 Å². The molecular formula is C18H24FNO4. The Morgan fingerprint density at radius 1 is 1.33 bits per heavy atom. The highest BCUT2D eigenvalue weighted by molar-refractivity contribution is 5.81. The monoisotopic (exact) mass is 337 g/mol. The smallest absolute Gasteiger partial charge is 0.311 e. The zero-order valence-electron chi connectivity index (χ0n) is 14.0. The van der Waals surface area contributed by atoms with Gasteiger partial charge in [-0.15, -0.1) is 0 Å². The second-order valence-electron chi connectivity index (χ2n) is 6.40. The molecule has 1 aliphatic heterocycles. The number of likely N-dealkylation sites (tertiary alicyclic amines) is 1. The SMILES string of the molecule is COCCC[C@]1(C(=O)O)CCCN(C(=O)Cc2ccc(F)cc2)C1. The predicted octanol–water partition coefficient (Wildman–Crippen LogP) is 2.49. The van der Waals surface area contributed by atoms with Crippen molar-refractivity contribution in [2.75, 3.05) is 26.8 Å². The van der Waals surface area contributed by atoms with Gasteiger partial charge in [0.25, 0.3) is 0 Å². The number of carboxylic acid groups (broad SMARTS) is 1. The average molecular weight is 337 g/mol. The van der Waals surface area contributed by atoms with Crippen LogP contribution in [0.25, 0.3) is 0 Å². The summed E-state index contributed by atoms with van der Waals surface area (Å²) in [5.74, 6) is -1.30. The molecule has 1 aliphatic rings. The van der Waals surface area contributed by atoms with Gasteiger partial charge in [-0.25, -0.2) is 4.39 Å². The molecule has 1 aromatic rings. The number of aliphatic carboxylic acids is 1. The highest BCUT2D eigenvalue weighted by Crippen LogP contribution is 2.35. The maximum Gasteiger partial charge on any atom is 0.311 e. The summed E-state index contributed by atoms with van der Waals surface area (Å²) >= 11 is 0. The van der Waals surface area contributed by atoms with Crippen molar-refractivity contribution < 1.29 is 23.8 Å². The Morgan fingerprint density at radius 3 is 2.67 bits per heavy atom. The largest absolute Gasteiger partial charge is 0.481 e. The minimum absolute atomic E-state index is 0.112. The van der Waals surface area contributed by atoms with Crippen LogP contribution in [-0.4, -0.2) is 48.7 Å². The molecule has 1 atom stereocenters. The number of piperidine rings is 1. The fourth-order valence-corrected chi connectivity index (χ4v) is 3.27. The molecule has 0 unspecified atom stereocenters. The molecule has 1 saturated heterocycles. The third kappa shape index (κ3) is 4.54. The molecule has 0 spiro atoms. The highest BCUT2D eigenvalue weighted by atomic mass is 19.1. The predicted molar refractivity (Wildman–Crippen MR) is 87.1 cm³/mol. The molecule has 1 amide bonds. The van der Waals surface area contributed by atoms with Crippen LogP contribution in [0.15, 0.2) is 24.3 Å². The van der Waals surface area contributed by atoms with Crippen molar-refractivity contribution in [2.24, 2.45) is 5.41 Å². The number of nitrogens with zero attached hydrogens (tertiary/aromatic N) is 1. The summed E-state index contributed by atoms with van der Waals surface area (Å²) in [7, 11) is 1.59. The fourth-order valence-electron chi connectivity index (χ4n) is 3.27. The van der Waals surface area contributed by atoms with Gasteiger partial charge in [0.1, 0.15) is 5.82 Å². The van der Waals surface area contributed by atoms with Crippen molar-refractivity contribution in [1.29, 1.82) is 0 Å². The van der Waals surface area contributed by atoms with Gasteiger partial charge in [-0.05, 0) is 43.4 Å².